The van der Waals surface area contributed by atoms with Gasteiger partial charge in [-0.15, -0.1) is 30.4 Å². The molecule has 59 heavy (non-hydrogen) atoms. The minimum atomic E-state index is -1.17. The number of carbonyl (C=O) groups is 2. The van der Waals surface area contributed by atoms with Crippen LogP contribution in [0.4, 0.5) is 0 Å². The van der Waals surface area contributed by atoms with Crippen molar-refractivity contribution >= 4 is 22.9 Å². The third-order valence-corrected chi connectivity index (χ3v) is 9.60. The first kappa shape index (κ1) is 41.4. The van der Waals surface area contributed by atoms with Crippen molar-refractivity contribution in [1.29, 1.82) is 0 Å². The Hall–Kier alpha value is -7.24. The molecular weight excluding hydrogens is 763 g/mol. The summed E-state index contributed by atoms with van der Waals surface area (Å²) in [6.07, 6.45) is 2.16. The zero-order valence-corrected chi connectivity index (χ0v) is 32.3. The largest absolute Gasteiger partial charge is 0.464 e. The van der Waals surface area contributed by atoms with Gasteiger partial charge in [0.25, 0.3) is 16.1 Å². The van der Waals surface area contributed by atoms with Crippen LogP contribution in [0.1, 0.15) is 66.3 Å². The third kappa shape index (κ3) is 11.2. The highest BCUT2D eigenvalue weighted by Crippen LogP contribution is 2.30. The van der Waals surface area contributed by atoms with Gasteiger partial charge >= 0.3 is 5.97 Å². The Morgan fingerprint density at radius 3 is 2.34 bits per heavy atom. The lowest BCUT2D eigenvalue weighted by atomic mass is 9.98. The fourth-order valence-electron chi connectivity index (χ4n) is 6.75. The van der Waals surface area contributed by atoms with Gasteiger partial charge in [-0.25, -0.2) is 9.78 Å². The van der Waals surface area contributed by atoms with Crippen LogP contribution in [0.25, 0.3) is 33.5 Å². The molecule has 18 heteroatoms. The van der Waals surface area contributed by atoms with E-state index in [1.807, 2.05) is 84.9 Å². The zero-order chi connectivity index (χ0) is 41.6. The number of rotatable bonds is 22. The highest BCUT2D eigenvalue weighted by molar-refractivity contribution is 6.06. The summed E-state index contributed by atoms with van der Waals surface area (Å²) < 4.78 is 7.65. The number of ether oxygens (including phenoxy) is 1. The SMILES string of the molecule is CCCCc1nc2cccc(C(=O)NC(Cc3ccccc3)C(=O)OCCCCC(CO[N+](=O)[O-])O[N+](=O)[O-])c2n1Cc1ccc(-c2ccccc2-c2nn[nH]n2)cc1. The van der Waals surface area contributed by atoms with Crippen molar-refractivity contribution in [3.63, 3.8) is 0 Å². The van der Waals surface area contributed by atoms with Crippen LogP contribution in [-0.4, -0.2) is 77.6 Å². The molecule has 2 unspecified atom stereocenters. The van der Waals surface area contributed by atoms with Crippen molar-refractivity contribution in [2.24, 2.45) is 0 Å². The van der Waals surface area contributed by atoms with E-state index in [-0.39, 0.29) is 32.3 Å². The number of para-hydroxylation sites is 1. The first-order valence-corrected chi connectivity index (χ1v) is 19.2. The summed E-state index contributed by atoms with van der Waals surface area (Å²) in [5.41, 5.74) is 6.21. The van der Waals surface area contributed by atoms with Gasteiger partial charge in [-0.05, 0) is 65.3 Å². The molecule has 2 atom stereocenters. The van der Waals surface area contributed by atoms with Crippen molar-refractivity contribution in [3.05, 3.63) is 140 Å². The number of imidazole rings is 1. The van der Waals surface area contributed by atoms with Crippen molar-refractivity contribution in [1.82, 2.24) is 35.5 Å². The molecule has 18 nitrogen and oxygen atoms in total. The number of nitrogens with zero attached hydrogens (tertiary/aromatic N) is 7. The van der Waals surface area contributed by atoms with Gasteiger partial charge in [-0.2, -0.15) is 5.21 Å². The summed E-state index contributed by atoms with van der Waals surface area (Å²) >= 11 is 0. The average molecular weight is 806 g/mol. The number of aromatic amines is 1. The summed E-state index contributed by atoms with van der Waals surface area (Å²) in [7, 11) is 0. The maximum Gasteiger partial charge on any atom is 0.328 e. The second-order valence-electron chi connectivity index (χ2n) is 13.7. The van der Waals surface area contributed by atoms with Gasteiger partial charge in [0.05, 0.1) is 23.2 Å². The van der Waals surface area contributed by atoms with Crippen molar-refractivity contribution in [2.75, 3.05) is 13.2 Å². The highest BCUT2D eigenvalue weighted by Gasteiger charge is 2.26. The summed E-state index contributed by atoms with van der Waals surface area (Å²) in [6, 6.07) is 29.5. The fraction of sp³-hybridized carbons (Fsp3) is 0.317. The molecule has 0 saturated carbocycles. The highest BCUT2D eigenvalue weighted by atomic mass is 17.0. The van der Waals surface area contributed by atoms with Crippen LogP contribution >= 0.6 is 0 Å². The number of fused-ring (bicyclic) bond motifs is 1. The molecule has 0 aliphatic rings. The number of H-pyrrole nitrogens is 1. The van der Waals surface area contributed by atoms with E-state index in [0.29, 0.717) is 35.4 Å². The topological polar surface area (TPSA) is 232 Å². The van der Waals surface area contributed by atoms with Gasteiger partial charge in [0.2, 0.25) is 5.82 Å². The average Bonchev–Trinajstić information content (AvgIpc) is 3.90. The number of amides is 1. The van der Waals surface area contributed by atoms with E-state index in [2.05, 4.69) is 47.1 Å². The molecule has 6 aromatic rings. The predicted octanol–water partition coefficient (Wildman–Crippen LogP) is 6.11. The van der Waals surface area contributed by atoms with Crippen LogP contribution in [0.3, 0.4) is 0 Å². The Morgan fingerprint density at radius 2 is 1.63 bits per heavy atom. The second-order valence-corrected chi connectivity index (χ2v) is 13.7. The van der Waals surface area contributed by atoms with Crippen LogP contribution < -0.4 is 5.32 Å². The summed E-state index contributed by atoms with van der Waals surface area (Å²) in [4.78, 5) is 62.9. The molecule has 6 rings (SSSR count). The number of aryl methyl sites for hydroxylation is 1. The van der Waals surface area contributed by atoms with Crippen LogP contribution in [0.15, 0.2) is 97.1 Å². The van der Waals surface area contributed by atoms with Crippen molar-refractivity contribution < 1.29 is 34.2 Å². The normalized spacial score (nSPS) is 12.1. The fourth-order valence-corrected chi connectivity index (χ4v) is 6.75. The van der Waals surface area contributed by atoms with Crippen LogP contribution in [0.5, 0.6) is 0 Å². The maximum absolute atomic E-state index is 14.3. The minimum absolute atomic E-state index is 0.0497. The number of hydrogen-bond acceptors (Lipinski definition) is 13. The summed E-state index contributed by atoms with van der Waals surface area (Å²) in [6.45, 7) is 1.87. The first-order valence-electron chi connectivity index (χ1n) is 19.2. The number of unbranched alkanes of at least 4 members (excludes halogenated alkanes) is 2. The zero-order valence-electron chi connectivity index (χ0n) is 32.3. The third-order valence-electron chi connectivity index (χ3n) is 9.60. The Bertz CT molecular complexity index is 2340. The molecule has 0 spiro atoms. The number of carbonyl (C=O) groups excluding carboxylic acids is 2. The molecule has 4 aromatic carbocycles. The minimum Gasteiger partial charge on any atom is -0.464 e. The molecule has 0 fully saturated rings. The Morgan fingerprint density at radius 1 is 0.864 bits per heavy atom. The van der Waals surface area contributed by atoms with Gasteiger partial charge in [-0.1, -0.05) is 98.3 Å². The first-order chi connectivity index (χ1) is 28.7. The smallest absolute Gasteiger partial charge is 0.328 e. The van der Waals surface area contributed by atoms with Gasteiger partial charge in [0.1, 0.15) is 24.6 Å². The van der Waals surface area contributed by atoms with Gasteiger partial charge in [0.15, 0.2) is 0 Å². The molecule has 0 aliphatic carbocycles. The van der Waals surface area contributed by atoms with E-state index in [4.69, 9.17) is 9.72 Å². The van der Waals surface area contributed by atoms with E-state index < -0.39 is 40.8 Å². The van der Waals surface area contributed by atoms with E-state index >= 15 is 0 Å². The van der Waals surface area contributed by atoms with Crippen LogP contribution in [-0.2, 0) is 38.6 Å². The van der Waals surface area contributed by atoms with E-state index in [9.17, 15) is 29.8 Å². The number of benzene rings is 4. The Kier molecular flexibility index (Phi) is 14.2. The Labute approximate surface area is 338 Å². The van der Waals surface area contributed by atoms with E-state index in [1.165, 1.54) is 0 Å². The predicted molar refractivity (Wildman–Crippen MR) is 214 cm³/mol. The van der Waals surface area contributed by atoms with Crippen molar-refractivity contribution in [3.8, 4) is 22.5 Å². The molecule has 2 aromatic heterocycles. The van der Waals surface area contributed by atoms with Gasteiger partial charge in [-0.3, -0.25) is 4.79 Å². The van der Waals surface area contributed by atoms with Crippen molar-refractivity contribution in [2.45, 2.75) is 70.6 Å². The summed E-state index contributed by atoms with van der Waals surface area (Å²) in [5.74, 6) is 0.193. The molecule has 0 radical (unpaired) electrons. The molecule has 306 valence electrons. The molecular formula is C41H43N9O9. The Balaban J connectivity index is 1.20. The number of nitrogens with one attached hydrogen (secondary N) is 2. The van der Waals surface area contributed by atoms with Crippen LogP contribution in [0, 0.1) is 20.2 Å². The lowest BCUT2D eigenvalue weighted by Crippen LogP contribution is -2.43. The summed E-state index contributed by atoms with van der Waals surface area (Å²) in [5, 5.41) is 36.7. The maximum atomic E-state index is 14.3. The molecule has 2 heterocycles. The van der Waals surface area contributed by atoms with E-state index in [1.54, 1.807) is 12.1 Å². The van der Waals surface area contributed by atoms with Gasteiger partial charge < -0.3 is 24.3 Å². The number of esters is 1. The van der Waals surface area contributed by atoms with Gasteiger partial charge in [0, 0.05) is 24.9 Å². The lowest BCUT2D eigenvalue weighted by molar-refractivity contribution is -0.790. The monoisotopic (exact) mass is 805 g/mol. The number of tetrazole rings is 1. The number of aromatic nitrogens is 6. The second kappa shape index (κ2) is 20.3. The molecule has 2 N–H and O–H groups in total. The molecule has 0 bridgehead atoms. The standard InChI is InChI=1S/C41H43N9O9/c1-2-3-19-37-42-35-18-11-17-34(38(35)48(37)26-29-20-22-30(23-21-29)32-15-7-8-16-33(32)39-44-46-47-45-39)40(51)43-36(25-28-12-5-4-6-13-28)41(52)57-24-10-9-14-31(59-50(55)56)27-58-49(53)54/h4-8,11-13,15-18,20-23,31,36H,2-3,9-10,14,19,24-27H2,1H3,(H,43,51)(H,44,45,46,47). The lowest BCUT2D eigenvalue weighted by Gasteiger charge is -2.19. The molecule has 1 amide bonds. The quantitative estimate of drug-likeness (QED) is 0.0341. The number of hydrogen-bond donors (Lipinski definition) is 2. The molecule has 0 aliphatic heterocycles. The van der Waals surface area contributed by atoms with Crippen LogP contribution in [0.2, 0.25) is 0 Å². The molecule has 0 saturated heterocycles. The van der Waals surface area contributed by atoms with E-state index in [0.717, 1.165) is 46.5 Å².